The van der Waals surface area contributed by atoms with Gasteiger partial charge >= 0.3 is 0 Å². The first-order chi connectivity index (χ1) is 11.2. The predicted octanol–water partition coefficient (Wildman–Crippen LogP) is 5.41. The van der Waals surface area contributed by atoms with E-state index in [2.05, 4.69) is 11.1 Å². The minimum absolute atomic E-state index is 0.520. The van der Waals surface area contributed by atoms with E-state index in [9.17, 15) is 5.26 Å². The molecule has 0 fully saturated rings. The smallest absolute Gasteiger partial charge is 0.137 e. The van der Waals surface area contributed by atoms with Crippen LogP contribution in [-0.4, -0.2) is 11.6 Å². The van der Waals surface area contributed by atoms with E-state index in [0.29, 0.717) is 28.0 Å². The van der Waals surface area contributed by atoms with Crippen molar-refractivity contribution >= 4 is 44.8 Å². The zero-order valence-corrected chi connectivity index (χ0v) is 14.0. The van der Waals surface area contributed by atoms with E-state index >= 15 is 0 Å². The number of fused-ring (bicyclic) bond motifs is 1. The Labute approximate surface area is 143 Å². The van der Waals surface area contributed by atoms with Crippen LogP contribution in [0.2, 0.25) is 5.02 Å². The molecule has 0 saturated carbocycles. The van der Waals surface area contributed by atoms with Gasteiger partial charge in [-0.1, -0.05) is 29.8 Å². The molecule has 0 aliphatic rings. The lowest BCUT2D eigenvalue weighted by molar-refractivity contribution is 0.340. The number of hydrogen-bond acceptors (Lipinski definition) is 4. The van der Waals surface area contributed by atoms with Gasteiger partial charge in [0.2, 0.25) is 0 Å². The van der Waals surface area contributed by atoms with E-state index in [1.54, 1.807) is 12.1 Å². The minimum atomic E-state index is 0.520. The molecule has 0 unspecified atom stereocenters. The highest BCUT2D eigenvalue weighted by Crippen LogP contribution is 2.30. The van der Waals surface area contributed by atoms with Crippen LogP contribution in [0.25, 0.3) is 21.9 Å². The number of nitrogens with zero attached hydrogens (tertiary/aromatic N) is 2. The van der Waals surface area contributed by atoms with Crippen molar-refractivity contribution in [2.24, 2.45) is 0 Å². The zero-order valence-electron chi connectivity index (χ0n) is 12.4. The molecule has 0 spiro atoms. The van der Waals surface area contributed by atoms with E-state index < -0.39 is 0 Å². The Hall–Kier alpha value is -2.35. The van der Waals surface area contributed by atoms with Crippen molar-refractivity contribution in [3.63, 3.8) is 0 Å². The summed E-state index contributed by atoms with van der Waals surface area (Å²) in [6, 6.07) is 15.5. The summed E-state index contributed by atoms with van der Waals surface area (Å²) in [7, 11) is 0. The summed E-state index contributed by atoms with van der Waals surface area (Å²) >= 11 is 7.70. The largest absolute Gasteiger partial charge is 0.492 e. The third kappa shape index (κ3) is 3.37. The Balaban J connectivity index is 1.98. The van der Waals surface area contributed by atoms with E-state index in [1.165, 1.54) is 11.3 Å². The molecule has 0 saturated heterocycles. The first-order valence-electron chi connectivity index (χ1n) is 7.11. The molecule has 0 N–H and O–H groups in total. The Morgan fingerprint density at radius 2 is 2.17 bits per heavy atom. The Morgan fingerprint density at radius 1 is 1.35 bits per heavy atom. The quantitative estimate of drug-likeness (QED) is 0.596. The molecule has 3 rings (SSSR count). The van der Waals surface area contributed by atoms with Crippen LogP contribution in [0, 0.1) is 11.3 Å². The number of allylic oxidation sites excluding steroid dienone is 1. The van der Waals surface area contributed by atoms with Crippen LogP contribution in [0.3, 0.4) is 0 Å². The van der Waals surface area contributed by atoms with Gasteiger partial charge in [0, 0.05) is 0 Å². The molecule has 5 heteroatoms. The maximum atomic E-state index is 9.46. The first kappa shape index (κ1) is 15.5. The SMILES string of the molecule is CCOc1ccc(/C=C(\C#N)c2nc3ccccc3s2)cc1Cl. The van der Waals surface area contributed by atoms with Crippen molar-refractivity contribution in [1.29, 1.82) is 5.26 Å². The number of hydrogen-bond donors (Lipinski definition) is 0. The van der Waals surface area contributed by atoms with E-state index in [0.717, 1.165) is 15.8 Å². The summed E-state index contributed by atoms with van der Waals surface area (Å²) in [5, 5.41) is 10.7. The zero-order chi connectivity index (χ0) is 16.2. The minimum Gasteiger partial charge on any atom is -0.492 e. The van der Waals surface area contributed by atoms with E-state index in [1.807, 2.05) is 43.3 Å². The lowest BCUT2D eigenvalue weighted by Gasteiger charge is -2.05. The molecule has 0 aliphatic carbocycles. The van der Waals surface area contributed by atoms with Gasteiger partial charge in [-0.25, -0.2) is 4.98 Å². The highest BCUT2D eigenvalue weighted by Gasteiger charge is 2.09. The van der Waals surface area contributed by atoms with Crippen molar-refractivity contribution in [1.82, 2.24) is 4.98 Å². The number of rotatable bonds is 4. The number of halogens is 1. The van der Waals surface area contributed by atoms with Gasteiger partial charge in [-0.2, -0.15) is 5.26 Å². The molecule has 0 bridgehead atoms. The van der Waals surface area contributed by atoms with E-state index in [4.69, 9.17) is 16.3 Å². The topological polar surface area (TPSA) is 45.9 Å². The van der Waals surface area contributed by atoms with Crippen molar-refractivity contribution in [3.05, 3.63) is 58.1 Å². The number of benzene rings is 2. The van der Waals surface area contributed by atoms with E-state index in [-0.39, 0.29) is 0 Å². The van der Waals surface area contributed by atoms with Crippen LogP contribution in [0.1, 0.15) is 17.5 Å². The van der Waals surface area contributed by atoms with Crippen LogP contribution in [-0.2, 0) is 0 Å². The van der Waals surface area contributed by atoms with Crippen LogP contribution >= 0.6 is 22.9 Å². The number of aromatic nitrogens is 1. The van der Waals surface area contributed by atoms with Crippen LogP contribution in [0.4, 0.5) is 0 Å². The fraction of sp³-hybridized carbons (Fsp3) is 0.111. The Morgan fingerprint density at radius 3 is 2.87 bits per heavy atom. The summed E-state index contributed by atoms with van der Waals surface area (Å²) in [6.07, 6.45) is 1.79. The highest BCUT2D eigenvalue weighted by molar-refractivity contribution is 7.19. The molecular formula is C18H13ClN2OS. The molecule has 0 atom stereocenters. The molecular weight excluding hydrogens is 328 g/mol. The molecule has 2 aromatic carbocycles. The molecule has 3 nitrogen and oxygen atoms in total. The van der Waals surface area contributed by atoms with Crippen molar-refractivity contribution < 1.29 is 4.74 Å². The lowest BCUT2D eigenvalue weighted by Crippen LogP contribution is -1.92. The predicted molar refractivity (Wildman–Crippen MR) is 95.7 cm³/mol. The molecule has 1 heterocycles. The number of ether oxygens (including phenoxy) is 1. The summed E-state index contributed by atoms with van der Waals surface area (Å²) in [5.41, 5.74) is 2.26. The van der Waals surface area contributed by atoms with Crippen LogP contribution in [0.5, 0.6) is 5.75 Å². The average molecular weight is 341 g/mol. The van der Waals surface area contributed by atoms with Gasteiger partial charge in [0.15, 0.2) is 0 Å². The monoisotopic (exact) mass is 340 g/mol. The molecule has 0 amide bonds. The normalized spacial score (nSPS) is 11.4. The summed E-state index contributed by atoms with van der Waals surface area (Å²) in [6.45, 7) is 2.47. The number of thiazole rings is 1. The second kappa shape index (κ2) is 6.82. The third-order valence-electron chi connectivity index (χ3n) is 3.21. The second-order valence-corrected chi connectivity index (χ2v) is 6.22. The van der Waals surface area contributed by atoms with Gasteiger partial charge in [0.1, 0.15) is 16.8 Å². The standard InChI is InChI=1S/C18H13ClN2OS/c1-2-22-16-8-7-12(10-14(16)19)9-13(11-20)18-21-15-5-3-4-6-17(15)23-18/h3-10H,2H2,1H3/b13-9+. The molecule has 1 aromatic heterocycles. The molecule has 23 heavy (non-hydrogen) atoms. The van der Waals surface area contributed by atoms with Gasteiger partial charge in [0.05, 0.1) is 27.4 Å². The van der Waals surface area contributed by atoms with Gasteiger partial charge in [0.25, 0.3) is 0 Å². The summed E-state index contributed by atoms with van der Waals surface area (Å²) in [4.78, 5) is 4.52. The summed E-state index contributed by atoms with van der Waals surface area (Å²) < 4.78 is 6.48. The van der Waals surface area contributed by atoms with Gasteiger partial charge in [-0.3, -0.25) is 0 Å². The van der Waals surface area contributed by atoms with Crippen LogP contribution < -0.4 is 4.74 Å². The maximum absolute atomic E-state index is 9.46. The molecule has 114 valence electrons. The Bertz CT molecular complexity index is 891. The second-order valence-electron chi connectivity index (χ2n) is 4.78. The van der Waals surface area contributed by atoms with Crippen molar-refractivity contribution in [2.45, 2.75) is 6.92 Å². The molecule has 0 aliphatic heterocycles. The number of para-hydroxylation sites is 1. The van der Waals surface area contributed by atoms with Gasteiger partial charge in [-0.15, -0.1) is 11.3 Å². The van der Waals surface area contributed by atoms with Gasteiger partial charge in [-0.05, 0) is 42.8 Å². The summed E-state index contributed by atoms with van der Waals surface area (Å²) in [5.74, 6) is 0.643. The highest BCUT2D eigenvalue weighted by atomic mass is 35.5. The lowest BCUT2D eigenvalue weighted by atomic mass is 10.1. The fourth-order valence-corrected chi connectivity index (χ4v) is 3.35. The van der Waals surface area contributed by atoms with Gasteiger partial charge < -0.3 is 4.74 Å². The number of nitriles is 1. The van der Waals surface area contributed by atoms with Crippen LogP contribution in [0.15, 0.2) is 42.5 Å². The maximum Gasteiger partial charge on any atom is 0.137 e. The Kier molecular flexibility index (Phi) is 4.61. The average Bonchev–Trinajstić information content (AvgIpc) is 2.99. The first-order valence-corrected chi connectivity index (χ1v) is 8.31. The molecule has 0 radical (unpaired) electrons. The fourth-order valence-electron chi connectivity index (χ4n) is 2.18. The molecule has 3 aromatic rings. The third-order valence-corrected chi connectivity index (χ3v) is 4.58. The van der Waals surface area contributed by atoms with Crippen molar-refractivity contribution in [2.75, 3.05) is 6.61 Å². The van der Waals surface area contributed by atoms with Crippen molar-refractivity contribution in [3.8, 4) is 11.8 Å².